The third-order valence-electron chi connectivity index (χ3n) is 5.83. The first-order chi connectivity index (χ1) is 14.0. The molecule has 4 rings (SSSR count). The molecule has 2 N–H and O–H groups in total. The Kier molecular flexibility index (Phi) is 5.85. The highest BCUT2D eigenvalue weighted by atomic mass is 32.2. The van der Waals surface area contributed by atoms with Gasteiger partial charge < -0.3 is 4.74 Å². The highest BCUT2D eigenvalue weighted by Crippen LogP contribution is 2.30. The van der Waals surface area contributed by atoms with Crippen LogP contribution in [0.15, 0.2) is 27.9 Å². The largest absolute Gasteiger partial charge is 0.377 e. The van der Waals surface area contributed by atoms with Crippen molar-refractivity contribution in [3.63, 3.8) is 0 Å². The summed E-state index contributed by atoms with van der Waals surface area (Å²) < 4.78 is 34.3. The average Bonchev–Trinajstić information content (AvgIpc) is 3.26. The van der Waals surface area contributed by atoms with E-state index in [1.54, 1.807) is 6.07 Å². The smallest absolute Gasteiger partial charge is 0.267 e. The Morgan fingerprint density at radius 1 is 1.21 bits per heavy atom. The average molecular weight is 418 g/mol. The summed E-state index contributed by atoms with van der Waals surface area (Å²) in [6, 6.07) is 5.43. The first kappa shape index (κ1) is 20.3. The summed E-state index contributed by atoms with van der Waals surface area (Å²) in [5, 5.41) is 6.87. The molecule has 2 heterocycles. The van der Waals surface area contributed by atoms with Crippen molar-refractivity contribution in [1.29, 1.82) is 0 Å². The van der Waals surface area contributed by atoms with Gasteiger partial charge in [0.15, 0.2) is 0 Å². The van der Waals surface area contributed by atoms with E-state index in [9.17, 15) is 13.2 Å². The Bertz CT molecular complexity index is 1060. The fourth-order valence-corrected chi connectivity index (χ4v) is 5.63. The maximum Gasteiger partial charge on any atom is 0.267 e. The lowest BCUT2D eigenvalue weighted by molar-refractivity contribution is 0.114. The van der Waals surface area contributed by atoms with Gasteiger partial charge in [0.05, 0.1) is 16.7 Å². The first-order valence-electron chi connectivity index (χ1n) is 10.3. The van der Waals surface area contributed by atoms with Crippen molar-refractivity contribution in [2.75, 3.05) is 13.2 Å². The summed E-state index contributed by atoms with van der Waals surface area (Å²) in [6.07, 6.45) is 5.89. The number of aromatic nitrogens is 2. The Labute approximate surface area is 170 Å². The van der Waals surface area contributed by atoms with Crippen molar-refractivity contribution in [2.45, 2.75) is 62.9 Å². The van der Waals surface area contributed by atoms with Crippen LogP contribution < -0.4 is 10.3 Å². The van der Waals surface area contributed by atoms with Gasteiger partial charge in [0.25, 0.3) is 5.56 Å². The molecule has 7 nitrogen and oxygen atoms in total. The number of nitrogens with zero attached hydrogens (tertiary/aromatic N) is 1. The molecule has 0 saturated carbocycles. The second-order valence-electron chi connectivity index (χ2n) is 7.73. The van der Waals surface area contributed by atoms with Gasteiger partial charge in [-0.25, -0.2) is 18.2 Å². The van der Waals surface area contributed by atoms with Crippen LogP contribution in [0.2, 0.25) is 0 Å². The number of benzene rings is 1. The SMILES string of the molecule is CCc1ccc(-c2n[nH]c(=O)c3c2CCCC3)cc1S(=O)(=O)NC[C@H]1CCCO1. The summed E-state index contributed by atoms with van der Waals surface area (Å²) >= 11 is 0. The molecule has 0 amide bonds. The number of aromatic amines is 1. The van der Waals surface area contributed by atoms with Gasteiger partial charge in [0.1, 0.15) is 0 Å². The van der Waals surface area contributed by atoms with Crippen LogP contribution in [0, 0.1) is 0 Å². The zero-order chi connectivity index (χ0) is 20.4. The molecule has 29 heavy (non-hydrogen) atoms. The minimum Gasteiger partial charge on any atom is -0.377 e. The molecule has 1 aromatic heterocycles. The number of hydrogen-bond donors (Lipinski definition) is 2. The number of ether oxygens (including phenoxy) is 1. The normalized spacial score (nSPS) is 19.3. The van der Waals surface area contributed by atoms with E-state index < -0.39 is 10.0 Å². The fraction of sp³-hybridized carbons (Fsp3) is 0.524. The third kappa shape index (κ3) is 4.15. The van der Waals surface area contributed by atoms with E-state index in [0.717, 1.165) is 55.2 Å². The molecular weight excluding hydrogens is 390 g/mol. The lowest BCUT2D eigenvalue weighted by atomic mass is 9.89. The number of nitrogens with one attached hydrogen (secondary N) is 2. The predicted molar refractivity (Wildman–Crippen MR) is 110 cm³/mol. The van der Waals surface area contributed by atoms with Crippen molar-refractivity contribution >= 4 is 10.0 Å². The second kappa shape index (κ2) is 8.38. The number of fused-ring (bicyclic) bond motifs is 1. The molecular formula is C21H27N3O4S. The van der Waals surface area contributed by atoms with Crippen molar-refractivity contribution < 1.29 is 13.2 Å². The summed E-state index contributed by atoms with van der Waals surface area (Å²) in [4.78, 5) is 12.4. The lowest BCUT2D eigenvalue weighted by Crippen LogP contribution is -2.32. The molecule has 8 heteroatoms. The molecule has 1 aliphatic heterocycles. The van der Waals surface area contributed by atoms with Gasteiger partial charge in [0, 0.05) is 24.3 Å². The molecule has 0 bridgehead atoms. The molecule has 1 fully saturated rings. The summed E-state index contributed by atoms with van der Waals surface area (Å²) in [6.45, 7) is 2.90. The monoisotopic (exact) mass is 417 g/mol. The van der Waals surface area contributed by atoms with E-state index in [2.05, 4.69) is 14.9 Å². The highest BCUT2D eigenvalue weighted by Gasteiger charge is 2.24. The Hall–Kier alpha value is -2.03. The maximum absolute atomic E-state index is 13.1. The van der Waals surface area contributed by atoms with E-state index in [4.69, 9.17) is 4.74 Å². The zero-order valence-corrected chi connectivity index (χ0v) is 17.5. The van der Waals surface area contributed by atoms with Crippen LogP contribution in [0.25, 0.3) is 11.3 Å². The number of aryl methyl sites for hydroxylation is 1. The van der Waals surface area contributed by atoms with Gasteiger partial charge in [-0.05, 0) is 62.1 Å². The van der Waals surface area contributed by atoms with Crippen molar-refractivity contribution in [1.82, 2.24) is 14.9 Å². The minimum absolute atomic E-state index is 0.0640. The predicted octanol–water partition coefficient (Wildman–Crippen LogP) is 2.34. The molecule has 1 saturated heterocycles. The topological polar surface area (TPSA) is 101 Å². The molecule has 0 unspecified atom stereocenters. The van der Waals surface area contributed by atoms with E-state index >= 15 is 0 Å². The van der Waals surface area contributed by atoms with Crippen molar-refractivity contribution in [2.24, 2.45) is 0 Å². The van der Waals surface area contributed by atoms with Crippen LogP contribution in [0.3, 0.4) is 0 Å². The molecule has 2 aliphatic rings. The van der Waals surface area contributed by atoms with Gasteiger partial charge >= 0.3 is 0 Å². The standard InChI is InChI=1S/C21H27N3O4S/c1-2-14-9-10-15(20-17-7-3-4-8-18(17)21(25)24-23-20)12-19(14)29(26,27)22-13-16-6-5-11-28-16/h9-10,12,16,22H,2-8,11,13H2,1H3,(H,24,25)/t16-/m1/s1. The van der Waals surface area contributed by atoms with Crippen molar-refractivity contribution in [3.05, 3.63) is 45.2 Å². The van der Waals surface area contributed by atoms with Crippen molar-refractivity contribution in [3.8, 4) is 11.3 Å². The van der Waals surface area contributed by atoms with E-state index in [-0.39, 0.29) is 23.1 Å². The quantitative estimate of drug-likeness (QED) is 0.751. The minimum atomic E-state index is -3.68. The molecule has 156 valence electrons. The van der Waals surface area contributed by atoms with Gasteiger partial charge in [-0.1, -0.05) is 19.1 Å². The molecule has 1 aliphatic carbocycles. The molecule has 0 spiro atoms. The number of hydrogen-bond acceptors (Lipinski definition) is 5. The zero-order valence-electron chi connectivity index (χ0n) is 16.7. The molecule has 1 atom stereocenters. The molecule has 2 aromatic rings. The Balaban J connectivity index is 1.71. The first-order valence-corrected chi connectivity index (χ1v) is 11.8. The van der Waals surface area contributed by atoms with E-state index in [1.807, 2.05) is 19.1 Å². The van der Waals surface area contributed by atoms with Crippen LogP contribution in [-0.2, 0) is 34.0 Å². The van der Waals surface area contributed by atoms with Crippen LogP contribution in [0.4, 0.5) is 0 Å². The maximum atomic E-state index is 13.1. The molecule has 0 radical (unpaired) electrons. The number of H-pyrrole nitrogens is 1. The summed E-state index contributed by atoms with van der Waals surface area (Å²) in [5.41, 5.74) is 3.74. The van der Waals surface area contributed by atoms with Gasteiger partial charge in [-0.15, -0.1) is 0 Å². The van der Waals surface area contributed by atoms with Crippen LogP contribution in [0.5, 0.6) is 0 Å². The Morgan fingerprint density at radius 2 is 2.00 bits per heavy atom. The van der Waals surface area contributed by atoms with Gasteiger partial charge in [0.2, 0.25) is 10.0 Å². The van der Waals surface area contributed by atoms with Crippen LogP contribution in [-0.4, -0.2) is 37.9 Å². The second-order valence-corrected chi connectivity index (χ2v) is 9.46. The fourth-order valence-electron chi connectivity index (χ4n) is 4.23. The molecule has 1 aromatic carbocycles. The van der Waals surface area contributed by atoms with E-state index in [0.29, 0.717) is 24.3 Å². The Morgan fingerprint density at radius 3 is 2.72 bits per heavy atom. The number of sulfonamides is 1. The summed E-state index contributed by atoms with van der Waals surface area (Å²) in [5.74, 6) is 0. The van der Waals surface area contributed by atoms with Crippen LogP contribution >= 0.6 is 0 Å². The third-order valence-corrected chi connectivity index (χ3v) is 7.34. The lowest BCUT2D eigenvalue weighted by Gasteiger charge is -2.19. The van der Waals surface area contributed by atoms with Gasteiger partial charge in [-0.2, -0.15) is 5.10 Å². The highest BCUT2D eigenvalue weighted by molar-refractivity contribution is 7.89. The van der Waals surface area contributed by atoms with Gasteiger partial charge in [-0.3, -0.25) is 4.79 Å². The van der Waals surface area contributed by atoms with E-state index in [1.165, 1.54) is 0 Å². The summed E-state index contributed by atoms with van der Waals surface area (Å²) in [7, 11) is -3.68. The number of rotatable bonds is 6. The van der Waals surface area contributed by atoms with Crippen LogP contribution in [0.1, 0.15) is 49.3 Å².